The summed E-state index contributed by atoms with van der Waals surface area (Å²) in [6, 6.07) is 8.84. The first kappa shape index (κ1) is 16.0. The van der Waals surface area contributed by atoms with Gasteiger partial charge in [0.1, 0.15) is 11.9 Å². The highest BCUT2D eigenvalue weighted by molar-refractivity contribution is 5.33. The van der Waals surface area contributed by atoms with Crippen molar-refractivity contribution in [2.75, 3.05) is 6.54 Å². The highest BCUT2D eigenvalue weighted by atomic mass is 16.5. The molecule has 1 aromatic carbocycles. The Bertz CT molecular complexity index is 345. The van der Waals surface area contributed by atoms with E-state index in [4.69, 9.17) is 4.74 Å². The largest absolute Gasteiger partial charge is 0.489 e. The van der Waals surface area contributed by atoms with Gasteiger partial charge in [0, 0.05) is 6.04 Å². The fourth-order valence-corrected chi connectivity index (χ4v) is 2.52. The van der Waals surface area contributed by atoms with Crippen LogP contribution in [0.2, 0.25) is 0 Å². The molecule has 0 spiro atoms. The molecule has 0 amide bonds. The molecular formula is C17H29NO. The smallest absolute Gasteiger partial charge is 0.122 e. The second-order valence-corrected chi connectivity index (χ2v) is 4.98. The molecule has 0 aliphatic carbocycles. The van der Waals surface area contributed by atoms with Gasteiger partial charge in [-0.3, -0.25) is 0 Å². The van der Waals surface area contributed by atoms with E-state index in [1.54, 1.807) is 0 Å². The summed E-state index contributed by atoms with van der Waals surface area (Å²) in [4.78, 5) is 0. The summed E-state index contributed by atoms with van der Waals surface area (Å²) < 4.78 is 6.29. The Hall–Kier alpha value is -1.02. The van der Waals surface area contributed by atoms with Gasteiger partial charge in [0.25, 0.3) is 0 Å². The van der Waals surface area contributed by atoms with Crippen LogP contribution in [0.3, 0.4) is 0 Å². The van der Waals surface area contributed by atoms with Crippen LogP contribution in [-0.2, 0) is 6.42 Å². The van der Waals surface area contributed by atoms with Gasteiger partial charge in [0.2, 0.25) is 0 Å². The summed E-state index contributed by atoms with van der Waals surface area (Å²) in [5.74, 6) is 1.05. The average Bonchev–Trinajstić information content (AvgIpc) is 2.45. The van der Waals surface area contributed by atoms with E-state index in [0.29, 0.717) is 6.04 Å². The van der Waals surface area contributed by atoms with Crippen LogP contribution in [0.4, 0.5) is 0 Å². The molecule has 19 heavy (non-hydrogen) atoms. The van der Waals surface area contributed by atoms with Crippen molar-refractivity contribution in [1.29, 1.82) is 0 Å². The summed E-state index contributed by atoms with van der Waals surface area (Å²) >= 11 is 0. The number of ether oxygens (including phenoxy) is 1. The SMILES string of the molecule is CCCC(NCC)C(CC)Oc1ccccc1CC. The minimum atomic E-state index is 0.257. The molecule has 0 saturated carbocycles. The van der Waals surface area contributed by atoms with Gasteiger partial charge in [-0.15, -0.1) is 0 Å². The lowest BCUT2D eigenvalue weighted by molar-refractivity contribution is 0.142. The molecule has 0 fully saturated rings. The molecule has 1 rings (SSSR count). The van der Waals surface area contributed by atoms with Gasteiger partial charge in [-0.1, -0.05) is 52.3 Å². The predicted molar refractivity (Wildman–Crippen MR) is 82.9 cm³/mol. The van der Waals surface area contributed by atoms with E-state index in [1.165, 1.54) is 18.4 Å². The lowest BCUT2D eigenvalue weighted by atomic mass is 10.0. The Labute approximate surface area is 118 Å². The van der Waals surface area contributed by atoms with Gasteiger partial charge >= 0.3 is 0 Å². The Balaban J connectivity index is 2.78. The molecule has 1 aromatic rings. The third-order valence-electron chi connectivity index (χ3n) is 3.55. The molecular weight excluding hydrogens is 234 g/mol. The van der Waals surface area contributed by atoms with Crippen molar-refractivity contribution in [2.24, 2.45) is 0 Å². The van der Waals surface area contributed by atoms with Crippen LogP contribution >= 0.6 is 0 Å². The van der Waals surface area contributed by atoms with Gasteiger partial charge in [-0.05, 0) is 37.4 Å². The van der Waals surface area contributed by atoms with Gasteiger partial charge in [0.15, 0.2) is 0 Å². The maximum atomic E-state index is 6.29. The minimum absolute atomic E-state index is 0.257. The van der Waals surface area contributed by atoms with E-state index in [-0.39, 0.29) is 6.10 Å². The molecule has 108 valence electrons. The van der Waals surface area contributed by atoms with Crippen molar-refractivity contribution in [3.8, 4) is 5.75 Å². The van der Waals surface area contributed by atoms with Crippen molar-refractivity contribution >= 4 is 0 Å². The number of rotatable bonds is 9. The highest BCUT2D eigenvalue weighted by Crippen LogP contribution is 2.22. The number of benzene rings is 1. The maximum Gasteiger partial charge on any atom is 0.122 e. The van der Waals surface area contributed by atoms with Crippen molar-refractivity contribution in [2.45, 2.75) is 65.5 Å². The number of para-hydroxylation sites is 1. The topological polar surface area (TPSA) is 21.3 Å². The highest BCUT2D eigenvalue weighted by Gasteiger charge is 2.20. The molecule has 2 heteroatoms. The van der Waals surface area contributed by atoms with E-state index in [1.807, 2.05) is 0 Å². The Kier molecular flexibility index (Phi) is 7.57. The van der Waals surface area contributed by atoms with Gasteiger partial charge in [-0.2, -0.15) is 0 Å². The zero-order valence-corrected chi connectivity index (χ0v) is 12.9. The van der Waals surface area contributed by atoms with Crippen molar-refractivity contribution < 1.29 is 4.74 Å². The number of hydrogen-bond donors (Lipinski definition) is 1. The van der Waals surface area contributed by atoms with Crippen molar-refractivity contribution in [3.63, 3.8) is 0 Å². The Morgan fingerprint density at radius 3 is 2.42 bits per heavy atom. The second-order valence-electron chi connectivity index (χ2n) is 4.98. The normalized spacial score (nSPS) is 14.1. The first-order valence-electron chi connectivity index (χ1n) is 7.74. The monoisotopic (exact) mass is 263 g/mol. The number of hydrogen-bond acceptors (Lipinski definition) is 2. The molecule has 0 aromatic heterocycles. The molecule has 2 nitrogen and oxygen atoms in total. The molecule has 0 bridgehead atoms. The van der Waals surface area contributed by atoms with Crippen LogP contribution in [0, 0.1) is 0 Å². The fourth-order valence-electron chi connectivity index (χ4n) is 2.52. The molecule has 0 heterocycles. The molecule has 0 aliphatic heterocycles. The molecule has 2 atom stereocenters. The van der Waals surface area contributed by atoms with Crippen molar-refractivity contribution in [1.82, 2.24) is 5.32 Å². The molecule has 2 unspecified atom stereocenters. The zero-order valence-electron chi connectivity index (χ0n) is 12.9. The molecule has 0 saturated heterocycles. The third kappa shape index (κ3) is 4.87. The molecule has 0 radical (unpaired) electrons. The Morgan fingerprint density at radius 1 is 1.11 bits per heavy atom. The van der Waals surface area contributed by atoms with Gasteiger partial charge in [0.05, 0.1) is 0 Å². The fraction of sp³-hybridized carbons (Fsp3) is 0.647. The first-order valence-corrected chi connectivity index (χ1v) is 7.74. The second kappa shape index (κ2) is 8.98. The van der Waals surface area contributed by atoms with E-state index < -0.39 is 0 Å². The lowest BCUT2D eigenvalue weighted by Gasteiger charge is -2.28. The quantitative estimate of drug-likeness (QED) is 0.721. The number of aryl methyl sites for hydroxylation is 1. The average molecular weight is 263 g/mol. The number of nitrogens with one attached hydrogen (secondary N) is 1. The maximum absolute atomic E-state index is 6.29. The van der Waals surface area contributed by atoms with E-state index in [2.05, 4.69) is 57.3 Å². The molecule has 0 aliphatic rings. The lowest BCUT2D eigenvalue weighted by Crippen LogP contribution is -2.42. The van der Waals surface area contributed by atoms with Crippen LogP contribution in [0.25, 0.3) is 0 Å². The van der Waals surface area contributed by atoms with Crippen LogP contribution in [0.15, 0.2) is 24.3 Å². The summed E-state index contributed by atoms with van der Waals surface area (Å²) in [6.45, 7) is 9.78. The summed E-state index contributed by atoms with van der Waals surface area (Å²) in [7, 11) is 0. The van der Waals surface area contributed by atoms with Crippen LogP contribution < -0.4 is 10.1 Å². The zero-order chi connectivity index (χ0) is 14.1. The summed E-state index contributed by atoms with van der Waals surface area (Å²) in [6.07, 6.45) is 4.67. The van der Waals surface area contributed by atoms with Crippen LogP contribution in [0.1, 0.15) is 52.5 Å². The third-order valence-corrected chi connectivity index (χ3v) is 3.55. The van der Waals surface area contributed by atoms with Crippen LogP contribution in [0.5, 0.6) is 5.75 Å². The predicted octanol–water partition coefficient (Wildman–Crippen LogP) is 4.18. The summed E-state index contributed by atoms with van der Waals surface area (Å²) in [5.41, 5.74) is 1.30. The Morgan fingerprint density at radius 2 is 1.84 bits per heavy atom. The number of likely N-dealkylation sites (N-methyl/N-ethyl adjacent to an activating group) is 1. The van der Waals surface area contributed by atoms with E-state index >= 15 is 0 Å². The standard InChI is InChI=1S/C17H29NO/c1-5-11-15(18-8-4)16(7-3)19-17-13-10-9-12-14(17)6-2/h9-10,12-13,15-16,18H,5-8,11H2,1-4H3. The van der Waals surface area contributed by atoms with Gasteiger partial charge in [-0.25, -0.2) is 0 Å². The van der Waals surface area contributed by atoms with Gasteiger partial charge < -0.3 is 10.1 Å². The van der Waals surface area contributed by atoms with E-state index in [9.17, 15) is 0 Å². The van der Waals surface area contributed by atoms with Crippen LogP contribution in [-0.4, -0.2) is 18.7 Å². The van der Waals surface area contributed by atoms with Crippen molar-refractivity contribution in [3.05, 3.63) is 29.8 Å². The van der Waals surface area contributed by atoms with E-state index in [0.717, 1.165) is 25.1 Å². The minimum Gasteiger partial charge on any atom is -0.489 e. The first-order chi connectivity index (χ1) is 9.26. The summed E-state index contributed by atoms with van der Waals surface area (Å²) in [5, 5.41) is 3.57. The molecule has 1 N–H and O–H groups in total.